The van der Waals surface area contributed by atoms with Crippen LogP contribution in [0.1, 0.15) is 40.2 Å². The fourth-order valence-electron chi connectivity index (χ4n) is 3.28. The molecule has 116 valence electrons. The van der Waals surface area contributed by atoms with E-state index in [1.165, 1.54) is 17.2 Å². The van der Waals surface area contributed by atoms with Gasteiger partial charge in [-0.05, 0) is 48.1 Å². The molecule has 0 aliphatic heterocycles. The summed E-state index contributed by atoms with van der Waals surface area (Å²) in [6, 6.07) is 14.5. The molecular formula is C19H19N3O. The Labute approximate surface area is 134 Å². The van der Waals surface area contributed by atoms with Gasteiger partial charge >= 0.3 is 0 Å². The van der Waals surface area contributed by atoms with E-state index in [1.54, 1.807) is 0 Å². The number of nitrogens with one attached hydrogen (secondary N) is 2. The van der Waals surface area contributed by atoms with Gasteiger partial charge in [0.15, 0.2) is 5.69 Å². The highest BCUT2D eigenvalue weighted by atomic mass is 16.1. The highest BCUT2D eigenvalue weighted by Gasteiger charge is 2.21. The van der Waals surface area contributed by atoms with E-state index in [4.69, 9.17) is 0 Å². The molecule has 0 unspecified atom stereocenters. The Hall–Kier alpha value is -2.62. The number of H-pyrrole nitrogens is 1. The molecule has 2 aromatic carbocycles. The van der Waals surface area contributed by atoms with Gasteiger partial charge in [-0.15, -0.1) is 0 Å². The number of rotatable bonds is 3. The Morgan fingerprint density at radius 2 is 1.91 bits per heavy atom. The summed E-state index contributed by atoms with van der Waals surface area (Å²) in [5.74, 6) is -0.0856. The number of carbonyl (C=O) groups excluding carboxylic acids is 1. The highest BCUT2D eigenvalue weighted by Crippen LogP contribution is 2.22. The van der Waals surface area contributed by atoms with Gasteiger partial charge in [-0.3, -0.25) is 9.89 Å². The van der Waals surface area contributed by atoms with Crippen molar-refractivity contribution < 1.29 is 4.79 Å². The van der Waals surface area contributed by atoms with Crippen LogP contribution in [0.2, 0.25) is 0 Å². The summed E-state index contributed by atoms with van der Waals surface area (Å²) >= 11 is 0. The lowest BCUT2D eigenvalue weighted by Gasteiger charge is -2.11. The standard InChI is InChI=1S/C19H19N3O/c23-19(18-16-7-3-4-8-17(16)21-22-18)20-12-13-9-10-14-5-1-2-6-15(14)11-13/h1-2,5-6,9-11H,3-4,7-8,12H2,(H,20,23)(H,21,22). The van der Waals surface area contributed by atoms with E-state index >= 15 is 0 Å². The molecule has 0 spiro atoms. The second kappa shape index (κ2) is 5.88. The fraction of sp³-hybridized carbons (Fsp3) is 0.263. The number of hydrogen-bond donors (Lipinski definition) is 2. The molecule has 1 aromatic heterocycles. The van der Waals surface area contributed by atoms with Gasteiger partial charge in [0.2, 0.25) is 0 Å². The number of hydrogen-bond acceptors (Lipinski definition) is 2. The smallest absolute Gasteiger partial charge is 0.272 e. The van der Waals surface area contributed by atoms with Crippen molar-refractivity contribution in [2.45, 2.75) is 32.2 Å². The number of aryl methyl sites for hydroxylation is 1. The van der Waals surface area contributed by atoms with Crippen molar-refractivity contribution >= 4 is 16.7 Å². The van der Waals surface area contributed by atoms with Crippen LogP contribution in [0, 0.1) is 0 Å². The average Bonchev–Trinajstić information content (AvgIpc) is 3.03. The predicted octanol–water partition coefficient (Wildman–Crippen LogP) is 3.37. The van der Waals surface area contributed by atoms with Gasteiger partial charge < -0.3 is 5.32 Å². The third-order valence-electron chi connectivity index (χ3n) is 4.54. The first-order valence-electron chi connectivity index (χ1n) is 8.13. The number of nitrogens with zero attached hydrogens (tertiary/aromatic N) is 1. The molecule has 3 aromatic rings. The molecule has 0 saturated carbocycles. The average molecular weight is 305 g/mol. The van der Waals surface area contributed by atoms with E-state index < -0.39 is 0 Å². The lowest BCUT2D eigenvalue weighted by atomic mass is 9.96. The summed E-state index contributed by atoms with van der Waals surface area (Å²) in [6.45, 7) is 0.519. The lowest BCUT2D eigenvalue weighted by Crippen LogP contribution is -2.24. The second-order valence-corrected chi connectivity index (χ2v) is 6.10. The van der Waals surface area contributed by atoms with E-state index in [0.717, 1.165) is 36.1 Å². The molecule has 0 saturated heterocycles. The zero-order valence-corrected chi connectivity index (χ0v) is 12.9. The third kappa shape index (κ3) is 2.72. The quantitative estimate of drug-likeness (QED) is 0.779. The number of amides is 1. The fourth-order valence-corrected chi connectivity index (χ4v) is 3.28. The molecule has 4 rings (SSSR count). The minimum Gasteiger partial charge on any atom is -0.347 e. The molecule has 0 bridgehead atoms. The van der Waals surface area contributed by atoms with Crippen LogP contribution in [-0.2, 0) is 19.4 Å². The Morgan fingerprint density at radius 1 is 1.09 bits per heavy atom. The number of fused-ring (bicyclic) bond motifs is 2. The Morgan fingerprint density at radius 3 is 2.83 bits per heavy atom. The molecule has 1 amide bonds. The van der Waals surface area contributed by atoms with Gasteiger partial charge in [0.25, 0.3) is 5.91 Å². The zero-order chi connectivity index (χ0) is 15.6. The largest absolute Gasteiger partial charge is 0.347 e. The monoisotopic (exact) mass is 305 g/mol. The van der Waals surface area contributed by atoms with E-state index in [1.807, 2.05) is 12.1 Å². The van der Waals surface area contributed by atoms with Crippen LogP contribution in [0.5, 0.6) is 0 Å². The molecule has 2 N–H and O–H groups in total. The summed E-state index contributed by atoms with van der Waals surface area (Å²) in [6.07, 6.45) is 4.26. The van der Waals surface area contributed by atoms with Crippen molar-refractivity contribution in [3.05, 3.63) is 65.0 Å². The Balaban J connectivity index is 1.49. The summed E-state index contributed by atoms with van der Waals surface area (Å²) in [4.78, 5) is 12.4. The first-order valence-corrected chi connectivity index (χ1v) is 8.13. The van der Waals surface area contributed by atoms with Gasteiger partial charge in [0.1, 0.15) is 0 Å². The minimum atomic E-state index is -0.0856. The van der Waals surface area contributed by atoms with Crippen molar-refractivity contribution in [3.63, 3.8) is 0 Å². The zero-order valence-electron chi connectivity index (χ0n) is 12.9. The molecule has 4 heteroatoms. The predicted molar refractivity (Wildman–Crippen MR) is 90.3 cm³/mol. The summed E-state index contributed by atoms with van der Waals surface area (Å²) in [5.41, 5.74) is 3.90. The van der Waals surface area contributed by atoms with Gasteiger partial charge in [0, 0.05) is 17.8 Å². The van der Waals surface area contributed by atoms with Crippen LogP contribution in [-0.4, -0.2) is 16.1 Å². The maximum atomic E-state index is 12.4. The van der Waals surface area contributed by atoms with Crippen LogP contribution in [0.25, 0.3) is 10.8 Å². The second-order valence-electron chi connectivity index (χ2n) is 6.10. The van der Waals surface area contributed by atoms with Crippen LogP contribution in [0.15, 0.2) is 42.5 Å². The van der Waals surface area contributed by atoms with Crippen molar-refractivity contribution in [1.29, 1.82) is 0 Å². The van der Waals surface area contributed by atoms with Crippen LogP contribution in [0.4, 0.5) is 0 Å². The van der Waals surface area contributed by atoms with Crippen molar-refractivity contribution in [3.8, 4) is 0 Å². The van der Waals surface area contributed by atoms with Gasteiger partial charge in [-0.2, -0.15) is 5.10 Å². The minimum absolute atomic E-state index is 0.0856. The van der Waals surface area contributed by atoms with Crippen molar-refractivity contribution in [2.24, 2.45) is 0 Å². The van der Waals surface area contributed by atoms with Crippen LogP contribution >= 0.6 is 0 Å². The third-order valence-corrected chi connectivity index (χ3v) is 4.54. The van der Waals surface area contributed by atoms with E-state index in [2.05, 4.69) is 45.8 Å². The first-order chi connectivity index (χ1) is 11.3. The first kappa shape index (κ1) is 14.0. The topological polar surface area (TPSA) is 57.8 Å². The molecule has 1 aliphatic rings. The molecule has 0 atom stereocenters. The molecule has 4 nitrogen and oxygen atoms in total. The maximum absolute atomic E-state index is 12.4. The van der Waals surface area contributed by atoms with Gasteiger partial charge in [0.05, 0.1) is 0 Å². The number of benzene rings is 2. The summed E-state index contributed by atoms with van der Waals surface area (Å²) in [5, 5.41) is 12.6. The molecular weight excluding hydrogens is 286 g/mol. The van der Waals surface area contributed by atoms with Crippen LogP contribution in [0.3, 0.4) is 0 Å². The van der Waals surface area contributed by atoms with Crippen LogP contribution < -0.4 is 5.32 Å². The molecule has 0 radical (unpaired) electrons. The number of carbonyl (C=O) groups is 1. The highest BCUT2D eigenvalue weighted by molar-refractivity contribution is 5.94. The van der Waals surface area contributed by atoms with Gasteiger partial charge in [-0.1, -0.05) is 36.4 Å². The molecule has 1 aliphatic carbocycles. The van der Waals surface area contributed by atoms with Crippen molar-refractivity contribution in [2.75, 3.05) is 0 Å². The lowest BCUT2D eigenvalue weighted by molar-refractivity contribution is 0.0945. The van der Waals surface area contributed by atoms with E-state index in [0.29, 0.717) is 12.2 Å². The van der Waals surface area contributed by atoms with E-state index in [-0.39, 0.29) is 5.91 Å². The molecule has 1 heterocycles. The normalized spacial score (nSPS) is 13.7. The Kier molecular flexibility index (Phi) is 3.58. The Bertz CT molecular complexity index is 866. The summed E-state index contributed by atoms with van der Waals surface area (Å²) < 4.78 is 0. The van der Waals surface area contributed by atoms with Gasteiger partial charge in [-0.25, -0.2) is 0 Å². The summed E-state index contributed by atoms with van der Waals surface area (Å²) in [7, 11) is 0. The van der Waals surface area contributed by atoms with Crippen molar-refractivity contribution in [1.82, 2.24) is 15.5 Å². The maximum Gasteiger partial charge on any atom is 0.272 e. The number of aromatic amines is 1. The molecule has 0 fully saturated rings. The number of aromatic nitrogens is 2. The van der Waals surface area contributed by atoms with E-state index in [9.17, 15) is 4.79 Å². The SMILES string of the molecule is O=C(NCc1ccc2ccccc2c1)c1n[nH]c2c1CCCC2. The molecule has 23 heavy (non-hydrogen) atoms.